The van der Waals surface area contributed by atoms with Gasteiger partial charge in [0.1, 0.15) is 5.75 Å². The minimum absolute atomic E-state index is 0.255. The number of aromatic nitrogens is 2. The normalized spacial score (nSPS) is 10.6. The zero-order chi connectivity index (χ0) is 19.6. The van der Waals surface area contributed by atoms with Crippen LogP contribution in [0.1, 0.15) is 5.69 Å². The number of carboxylic acids is 1. The number of nitrogens with zero attached hydrogens (tertiary/aromatic N) is 2. The number of benzene rings is 1. The summed E-state index contributed by atoms with van der Waals surface area (Å²) >= 11 is 6.38. The van der Waals surface area contributed by atoms with E-state index < -0.39 is 12.1 Å². The van der Waals surface area contributed by atoms with Crippen LogP contribution in [0.25, 0.3) is 16.9 Å². The van der Waals surface area contributed by atoms with Crippen LogP contribution in [0.3, 0.4) is 0 Å². The first-order chi connectivity index (χ1) is 12.9. The molecule has 1 amide bonds. The number of nitrogens with one attached hydrogen (secondary N) is 1. The van der Waals surface area contributed by atoms with Crippen LogP contribution >= 0.6 is 11.6 Å². The minimum Gasteiger partial charge on any atom is -0.497 e. The van der Waals surface area contributed by atoms with Crippen molar-refractivity contribution >= 4 is 35.0 Å². The first kappa shape index (κ1) is 18.5. The number of pyridine rings is 1. The van der Waals surface area contributed by atoms with Gasteiger partial charge in [-0.25, -0.2) is 9.78 Å². The predicted octanol–water partition coefficient (Wildman–Crippen LogP) is 3.47. The van der Waals surface area contributed by atoms with Crippen molar-refractivity contribution in [2.45, 2.75) is 6.42 Å². The molecule has 8 nitrogen and oxygen atoms in total. The van der Waals surface area contributed by atoms with Gasteiger partial charge in [-0.2, -0.15) is 0 Å². The first-order valence-corrected chi connectivity index (χ1v) is 8.22. The maximum absolute atomic E-state index is 11.6. The number of ether oxygens (including phenoxy) is 2. The SMILES string of the molecule is COC(=O)Nc1ccc(-c2ccc(OC)cc2Cl)n2cc(CC(=O)O)nc12. The first-order valence-electron chi connectivity index (χ1n) is 7.84. The highest BCUT2D eigenvalue weighted by molar-refractivity contribution is 6.33. The van der Waals surface area contributed by atoms with Crippen molar-refractivity contribution in [1.29, 1.82) is 0 Å². The molecule has 0 aliphatic heterocycles. The van der Waals surface area contributed by atoms with Crippen molar-refractivity contribution < 1.29 is 24.2 Å². The highest BCUT2D eigenvalue weighted by atomic mass is 35.5. The second kappa shape index (κ2) is 7.55. The Kier molecular flexibility index (Phi) is 5.18. The van der Waals surface area contributed by atoms with Gasteiger partial charge >= 0.3 is 12.1 Å². The zero-order valence-corrected chi connectivity index (χ0v) is 15.3. The van der Waals surface area contributed by atoms with Crippen LogP contribution in [0.5, 0.6) is 5.75 Å². The molecule has 0 saturated carbocycles. The maximum Gasteiger partial charge on any atom is 0.411 e. The summed E-state index contributed by atoms with van der Waals surface area (Å²) in [4.78, 5) is 27.0. The molecule has 2 N–H and O–H groups in total. The van der Waals surface area contributed by atoms with Gasteiger partial charge in [-0.3, -0.25) is 14.5 Å². The summed E-state index contributed by atoms with van der Waals surface area (Å²) in [7, 11) is 2.80. The summed E-state index contributed by atoms with van der Waals surface area (Å²) in [5, 5.41) is 12.1. The Morgan fingerprint density at radius 2 is 2.04 bits per heavy atom. The molecular formula is C18H16ClN3O5. The smallest absolute Gasteiger partial charge is 0.411 e. The summed E-state index contributed by atoms with van der Waals surface area (Å²) in [5.74, 6) is -0.397. The van der Waals surface area contributed by atoms with E-state index in [-0.39, 0.29) is 6.42 Å². The second-order valence-electron chi connectivity index (χ2n) is 5.59. The molecule has 2 heterocycles. The van der Waals surface area contributed by atoms with E-state index in [9.17, 15) is 9.59 Å². The van der Waals surface area contributed by atoms with E-state index in [4.69, 9.17) is 21.4 Å². The van der Waals surface area contributed by atoms with E-state index in [1.54, 1.807) is 48.0 Å². The Bertz CT molecular complexity index is 1030. The Labute approximate surface area is 159 Å². The number of carboxylic acid groups (broad SMARTS) is 1. The number of methoxy groups -OCH3 is 2. The number of anilines is 1. The molecule has 0 aliphatic carbocycles. The Morgan fingerprint density at radius 1 is 1.26 bits per heavy atom. The molecule has 3 aromatic rings. The molecule has 0 bridgehead atoms. The fraction of sp³-hybridized carbons (Fsp3) is 0.167. The number of carbonyl (C=O) groups is 2. The quantitative estimate of drug-likeness (QED) is 0.692. The van der Waals surface area contributed by atoms with Crippen LogP contribution in [-0.2, 0) is 16.0 Å². The van der Waals surface area contributed by atoms with E-state index in [2.05, 4.69) is 15.0 Å². The number of halogens is 1. The van der Waals surface area contributed by atoms with Gasteiger partial charge in [0.15, 0.2) is 5.65 Å². The van der Waals surface area contributed by atoms with Crippen LogP contribution in [0.15, 0.2) is 36.5 Å². The number of aliphatic carboxylic acids is 1. The summed E-state index contributed by atoms with van der Waals surface area (Å²) in [5.41, 5.74) is 2.48. The third kappa shape index (κ3) is 3.80. The highest BCUT2D eigenvalue weighted by Gasteiger charge is 2.16. The molecule has 1 aromatic carbocycles. The molecule has 2 aromatic heterocycles. The van der Waals surface area contributed by atoms with Crippen molar-refractivity contribution in [2.75, 3.05) is 19.5 Å². The predicted molar refractivity (Wildman–Crippen MR) is 99.6 cm³/mol. The number of fused-ring (bicyclic) bond motifs is 1. The van der Waals surface area contributed by atoms with Crippen LogP contribution in [0.2, 0.25) is 5.02 Å². The Balaban J connectivity index is 2.18. The Hall–Kier alpha value is -3.26. The number of imidazole rings is 1. The highest BCUT2D eigenvalue weighted by Crippen LogP contribution is 2.33. The third-order valence-corrected chi connectivity index (χ3v) is 4.18. The molecule has 9 heteroatoms. The van der Waals surface area contributed by atoms with Crippen LogP contribution in [0, 0.1) is 0 Å². The molecule has 0 atom stereocenters. The average molecular weight is 390 g/mol. The van der Waals surface area contributed by atoms with Gasteiger partial charge in [0, 0.05) is 11.8 Å². The van der Waals surface area contributed by atoms with Gasteiger partial charge in [0.05, 0.1) is 42.7 Å². The molecule has 0 saturated heterocycles. The molecule has 0 aliphatic rings. The molecule has 140 valence electrons. The lowest BCUT2D eigenvalue weighted by molar-refractivity contribution is -0.136. The molecule has 0 fully saturated rings. The monoisotopic (exact) mass is 389 g/mol. The second-order valence-corrected chi connectivity index (χ2v) is 6.00. The summed E-state index contributed by atoms with van der Waals surface area (Å²) in [6.45, 7) is 0. The van der Waals surface area contributed by atoms with Crippen molar-refractivity contribution in [1.82, 2.24) is 9.38 Å². The van der Waals surface area contributed by atoms with Crippen molar-refractivity contribution in [3.63, 3.8) is 0 Å². The third-order valence-electron chi connectivity index (χ3n) is 3.87. The lowest BCUT2D eigenvalue weighted by Gasteiger charge is -2.12. The van der Waals surface area contributed by atoms with Crippen LogP contribution in [0.4, 0.5) is 10.5 Å². The van der Waals surface area contributed by atoms with E-state index in [0.717, 1.165) is 0 Å². The summed E-state index contributed by atoms with van der Waals surface area (Å²) in [6, 6.07) is 8.64. The van der Waals surface area contributed by atoms with E-state index in [1.807, 2.05) is 0 Å². The molecular weight excluding hydrogens is 374 g/mol. The summed E-state index contributed by atoms with van der Waals surface area (Å²) < 4.78 is 11.5. The lowest BCUT2D eigenvalue weighted by Crippen LogP contribution is -2.12. The average Bonchev–Trinajstić information content (AvgIpc) is 3.05. The molecule has 0 unspecified atom stereocenters. The van der Waals surface area contributed by atoms with E-state index >= 15 is 0 Å². The van der Waals surface area contributed by atoms with Crippen LogP contribution < -0.4 is 10.1 Å². The van der Waals surface area contributed by atoms with Crippen molar-refractivity contribution in [2.24, 2.45) is 0 Å². The minimum atomic E-state index is -1.01. The number of amides is 1. The number of rotatable bonds is 5. The van der Waals surface area contributed by atoms with Crippen molar-refractivity contribution in [3.05, 3.63) is 47.2 Å². The van der Waals surface area contributed by atoms with Gasteiger partial charge in [-0.05, 0) is 30.3 Å². The van der Waals surface area contributed by atoms with Gasteiger partial charge in [0.25, 0.3) is 0 Å². The van der Waals surface area contributed by atoms with Gasteiger partial charge in [-0.1, -0.05) is 11.6 Å². The topological polar surface area (TPSA) is 102 Å². The molecule has 0 spiro atoms. The Morgan fingerprint density at radius 3 is 2.67 bits per heavy atom. The molecule has 0 radical (unpaired) electrons. The molecule has 3 rings (SSSR count). The number of hydrogen-bond acceptors (Lipinski definition) is 5. The van der Waals surface area contributed by atoms with E-state index in [1.165, 1.54) is 7.11 Å². The fourth-order valence-electron chi connectivity index (χ4n) is 2.67. The van der Waals surface area contributed by atoms with E-state index in [0.29, 0.717) is 39.1 Å². The number of carbonyl (C=O) groups excluding carboxylic acids is 1. The molecule has 27 heavy (non-hydrogen) atoms. The largest absolute Gasteiger partial charge is 0.497 e. The fourth-order valence-corrected chi connectivity index (χ4v) is 2.94. The van der Waals surface area contributed by atoms with Gasteiger partial charge < -0.3 is 14.6 Å². The van der Waals surface area contributed by atoms with Gasteiger partial charge in [-0.15, -0.1) is 0 Å². The van der Waals surface area contributed by atoms with Gasteiger partial charge in [0.2, 0.25) is 0 Å². The van der Waals surface area contributed by atoms with Crippen molar-refractivity contribution in [3.8, 4) is 17.0 Å². The summed E-state index contributed by atoms with van der Waals surface area (Å²) in [6.07, 6.45) is 0.687. The zero-order valence-electron chi connectivity index (χ0n) is 14.5. The lowest BCUT2D eigenvalue weighted by atomic mass is 10.1. The number of hydrogen-bond donors (Lipinski definition) is 2. The maximum atomic E-state index is 11.6. The standard InChI is InChI=1S/C18H16ClN3O5/c1-26-11-3-4-12(13(19)8-11)15-6-5-14(21-18(25)27-2)17-20-10(7-16(23)24)9-22(15)17/h3-6,8-9H,7H2,1-2H3,(H,21,25)(H,23,24). The van der Waals surface area contributed by atoms with Crippen LogP contribution in [-0.4, -0.2) is 40.8 Å².